The Morgan fingerprint density at radius 3 is 2.92 bits per heavy atom. The topological polar surface area (TPSA) is 86.5 Å². The molecule has 7 nitrogen and oxygen atoms in total. The van der Waals surface area contributed by atoms with E-state index in [0.717, 1.165) is 5.56 Å². The number of aryl methyl sites for hydroxylation is 1. The SMILES string of the molecule is CCNC(=O)c1cc(-c2ccc3c(c2)OCO3)nc2onc(C)c12. The van der Waals surface area contributed by atoms with Gasteiger partial charge in [-0.1, -0.05) is 5.16 Å². The van der Waals surface area contributed by atoms with Crippen LogP contribution in [0, 0.1) is 6.92 Å². The molecule has 0 fully saturated rings. The number of carbonyl (C=O) groups is 1. The van der Waals surface area contributed by atoms with Crippen molar-refractivity contribution in [1.82, 2.24) is 15.5 Å². The van der Waals surface area contributed by atoms with Crippen molar-refractivity contribution in [2.75, 3.05) is 13.3 Å². The number of nitrogens with one attached hydrogen (secondary N) is 1. The van der Waals surface area contributed by atoms with Crippen LogP contribution >= 0.6 is 0 Å². The Kier molecular flexibility index (Phi) is 3.34. The first kappa shape index (κ1) is 14.5. The van der Waals surface area contributed by atoms with E-state index >= 15 is 0 Å². The Bertz CT molecular complexity index is 948. The van der Waals surface area contributed by atoms with Gasteiger partial charge in [-0.05, 0) is 38.1 Å². The van der Waals surface area contributed by atoms with Crippen LogP contribution < -0.4 is 14.8 Å². The molecule has 0 spiro atoms. The number of benzene rings is 1. The molecule has 4 rings (SSSR count). The van der Waals surface area contributed by atoms with Crippen molar-refractivity contribution in [2.45, 2.75) is 13.8 Å². The van der Waals surface area contributed by atoms with Crippen LogP contribution in [0.1, 0.15) is 23.0 Å². The summed E-state index contributed by atoms with van der Waals surface area (Å²) in [6.45, 7) is 4.40. The fourth-order valence-corrected chi connectivity index (χ4v) is 2.73. The molecule has 0 aliphatic carbocycles. The minimum atomic E-state index is -0.182. The van der Waals surface area contributed by atoms with E-state index in [9.17, 15) is 4.79 Å². The predicted octanol–water partition coefficient (Wildman–Crippen LogP) is 2.68. The number of aromatic nitrogens is 2. The molecule has 3 heterocycles. The predicted molar refractivity (Wildman–Crippen MR) is 86.1 cm³/mol. The zero-order chi connectivity index (χ0) is 16.7. The van der Waals surface area contributed by atoms with Gasteiger partial charge < -0.3 is 19.3 Å². The fourth-order valence-electron chi connectivity index (χ4n) is 2.73. The van der Waals surface area contributed by atoms with Gasteiger partial charge in [0.1, 0.15) is 0 Å². The summed E-state index contributed by atoms with van der Waals surface area (Å²) in [5, 5.41) is 7.37. The Morgan fingerprint density at radius 1 is 1.25 bits per heavy atom. The minimum Gasteiger partial charge on any atom is -0.454 e. The summed E-state index contributed by atoms with van der Waals surface area (Å²) in [6.07, 6.45) is 0. The molecular weight excluding hydrogens is 310 g/mol. The van der Waals surface area contributed by atoms with Crippen molar-refractivity contribution in [3.8, 4) is 22.8 Å². The van der Waals surface area contributed by atoms with E-state index in [2.05, 4.69) is 15.5 Å². The maximum atomic E-state index is 12.4. The van der Waals surface area contributed by atoms with Gasteiger partial charge in [0.2, 0.25) is 6.79 Å². The lowest BCUT2D eigenvalue weighted by molar-refractivity contribution is 0.0957. The fraction of sp³-hybridized carbons (Fsp3) is 0.235. The smallest absolute Gasteiger partial charge is 0.259 e. The lowest BCUT2D eigenvalue weighted by Gasteiger charge is -2.07. The third kappa shape index (κ3) is 2.25. The zero-order valence-electron chi connectivity index (χ0n) is 13.3. The molecule has 0 radical (unpaired) electrons. The van der Waals surface area contributed by atoms with Crippen LogP contribution in [-0.2, 0) is 0 Å². The first-order valence-corrected chi connectivity index (χ1v) is 7.62. The lowest BCUT2D eigenvalue weighted by Crippen LogP contribution is -2.23. The van der Waals surface area contributed by atoms with Gasteiger partial charge in [0.25, 0.3) is 11.6 Å². The van der Waals surface area contributed by atoms with Crippen LogP contribution in [0.3, 0.4) is 0 Å². The number of carbonyl (C=O) groups excluding carboxylic acids is 1. The van der Waals surface area contributed by atoms with Gasteiger partial charge in [0, 0.05) is 12.1 Å². The number of rotatable bonds is 3. The third-order valence-corrected chi connectivity index (χ3v) is 3.87. The van der Waals surface area contributed by atoms with Crippen LogP contribution in [0.4, 0.5) is 0 Å². The van der Waals surface area contributed by atoms with Gasteiger partial charge in [-0.25, -0.2) is 4.98 Å². The Balaban J connectivity index is 1.88. The molecule has 3 aromatic rings. The highest BCUT2D eigenvalue weighted by molar-refractivity contribution is 6.07. The van der Waals surface area contributed by atoms with Crippen molar-refractivity contribution in [3.63, 3.8) is 0 Å². The van der Waals surface area contributed by atoms with Gasteiger partial charge in [-0.15, -0.1) is 0 Å². The van der Waals surface area contributed by atoms with Gasteiger partial charge in [0.15, 0.2) is 11.5 Å². The van der Waals surface area contributed by atoms with E-state index in [1.54, 1.807) is 13.0 Å². The van der Waals surface area contributed by atoms with Gasteiger partial charge in [-0.3, -0.25) is 4.79 Å². The summed E-state index contributed by atoms with van der Waals surface area (Å²) in [5.74, 6) is 1.17. The largest absolute Gasteiger partial charge is 0.454 e. The molecule has 0 unspecified atom stereocenters. The molecule has 7 heteroatoms. The maximum Gasteiger partial charge on any atom is 0.259 e. The average molecular weight is 325 g/mol. The summed E-state index contributed by atoms with van der Waals surface area (Å²) < 4.78 is 16.0. The molecule has 1 aromatic carbocycles. The Morgan fingerprint density at radius 2 is 2.08 bits per heavy atom. The highest BCUT2D eigenvalue weighted by atomic mass is 16.7. The molecular formula is C17H15N3O4. The lowest BCUT2D eigenvalue weighted by atomic mass is 10.0. The molecule has 2 aromatic heterocycles. The summed E-state index contributed by atoms with van der Waals surface area (Å²) in [4.78, 5) is 16.9. The number of hydrogen-bond donors (Lipinski definition) is 1. The number of hydrogen-bond acceptors (Lipinski definition) is 6. The molecule has 0 saturated heterocycles. The zero-order valence-corrected chi connectivity index (χ0v) is 13.3. The minimum absolute atomic E-state index is 0.182. The summed E-state index contributed by atoms with van der Waals surface area (Å²) in [7, 11) is 0. The molecule has 0 atom stereocenters. The van der Waals surface area contributed by atoms with Crippen molar-refractivity contribution in [1.29, 1.82) is 0 Å². The van der Waals surface area contributed by atoms with E-state index in [1.165, 1.54) is 0 Å². The number of fused-ring (bicyclic) bond motifs is 2. The molecule has 0 saturated carbocycles. The Labute approximate surface area is 137 Å². The van der Waals surface area contributed by atoms with Crippen LogP contribution in [0.25, 0.3) is 22.4 Å². The van der Waals surface area contributed by atoms with Gasteiger partial charge >= 0.3 is 0 Å². The van der Waals surface area contributed by atoms with Crippen LogP contribution in [-0.4, -0.2) is 29.4 Å². The van der Waals surface area contributed by atoms with Crippen molar-refractivity contribution >= 4 is 17.0 Å². The number of ether oxygens (including phenoxy) is 2. The number of pyridine rings is 1. The number of amides is 1. The first-order chi connectivity index (χ1) is 11.7. The van der Waals surface area contributed by atoms with Gasteiger partial charge in [-0.2, -0.15) is 0 Å². The van der Waals surface area contributed by atoms with E-state index < -0.39 is 0 Å². The van der Waals surface area contributed by atoms with E-state index in [0.29, 0.717) is 46.1 Å². The van der Waals surface area contributed by atoms with Crippen molar-refractivity contribution in [3.05, 3.63) is 35.5 Å². The second kappa shape index (κ2) is 5.52. The maximum absolute atomic E-state index is 12.4. The highest BCUT2D eigenvalue weighted by Crippen LogP contribution is 2.36. The van der Waals surface area contributed by atoms with Crippen LogP contribution in [0.2, 0.25) is 0 Å². The highest BCUT2D eigenvalue weighted by Gasteiger charge is 2.20. The van der Waals surface area contributed by atoms with E-state index in [1.807, 2.05) is 25.1 Å². The molecule has 122 valence electrons. The molecule has 1 aliphatic rings. The van der Waals surface area contributed by atoms with Gasteiger partial charge in [0.05, 0.1) is 22.3 Å². The second-order valence-corrected chi connectivity index (χ2v) is 5.43. The molecule has 1 amide bonds. The first-order valence-electron chi connectivity index (χ1n) is 7.62. The second-order valence-electron chi connectivity index (χ2n) is 5.43. The summed E-state index contributed by atoms with van der Waals surface area (Å²) in [5.41, 5.74) is 2.88. The van der Waals surface area contributed by atoms with Crippen LogP contribution in [0.15, 0.2) is 28.8 Å². The monoisotopic (exact) mass is 325 g/mol. The molecule has 0 bridgehead atoms. The van der Waals surface area contributed by atoms with E-state index in [-0.39, 0.29) is 12.7 Å². The quantitative estimate of drug-likeness (QED) is 0.797. The molecule has 1 aliphatic heterocycles. The third-order valence-electron chi connectivity index (χ3n) is 3.87. The molecule has 24 heavy (non-hydrogen) atoms. The number of nitrogens with zero attached hydrogens (tertiary/aromatic N) is 2. The average Bonchev–Trinajstić information content (AvgIpc) is 3.20. The van der Waals surface area contributed by atoms with Crippen molar-refractivity contribution < 1.29 is 18.8 Å². The van der Waals surface area contributed by atoms with Crippen LogP contribution in [0.5, 0.6) is 11.5 Å². The van der Waals surface area contributed by atoms with Crippen molar-refractivity contribution in [2.24, 2.45) is 0 Å². The standard InChI is InChI=1S/C17H15N3O4/c1-3-18-16(21)11-7-12(19-17-15(11)9(2)20-24-17)10-4-5-13-14(6-10)23-8-22-13/h4-7H,3,8H2,1-2H3,(H,18,21). The summed E-state index contributed by atoms with van der Waals surface area (Å²) in [6, 6.07) is 7.27. The van der Waals surface area contributed by atoms with E-state index in [4.69, 9.17) is 14.0 Å². The summed E-state index contributed by atoms with van der Waals surface area (Å²) >= 11 is 0. The Hall–Kier alpha value is -3.09. The normalized spacial score (nSPS) is 12.6. The molecule has 1 N–H and O–H groups in total.